The number of morpholine rings is 1. The summed E-state index contributed by atoms with van der Waals surface area (Å²) in [5.41, 5.74) is 2.53. The zero-order valence-corrected chi connectivity index (χ0v) is 22.7. The van der Waals surface area contributed by atoms with Crippen LogP contribution >= 0.6 is 11.3 Å². The lowest BCUT2D eigenvalue weighted by Crippen LogP contribution is -2.44. The molecule has 1 atom stereocenters. The minimum atomic E-state index is -3.73. The summed E-state index contributed by atoms with van der Waals surface area (Å²) in [4.78, 5) is 27.9. The van der Waals surface area contributed by atoms with E-state index in [1.165, 1.54) is 0 Å². The number of nitrogens with zero attached hydrogens (tertiary/aromatic N) is 4. The van der Waals surface area contributed by atoms with Crippen LogP contribution in [-0.2, 0) is 19.3 Å². The Kier molecular flexibility index (Phi) is 6.90. The number of thiazole rings is 1. The molecule has 0 bridgehead atoms. The lowest BCUT2D eigenvalue weighted by Gasteiger charge is -2.34. The Morgan fingerprint density at radius 2 is 1.97 bits per heavy atom. The fraction of sp³-hybridized carbons (Fsp3) is 0.440. The average Bonchev–Trinajstić information content (AvgIpc) is 3.59. The molecule has 1 aliphatic heterocycles. The summed E-state index contributed by atoms with van der Waals surface area (Å²) < 4.78 is 32.1. The summed E-state index contributed by atoms with van der Waals surface area (Å²) in [5.74, 6) is 1.12. The molecular formula is C25H30N6O4S2. The van der Waals surface area contributed by atoms with Gasteiger partial charge in [-0.25, -0.2) is 28.2 Å². The number of sulfone groups is 1. The third-order valence-corrected chi connectivity index (χ3v) is 10.5. The minimum absolute atomic E-state index is 0.0846. The largest absolute Gasteiger partial charge is 0.377 e. The monoisotopic (exact) mass is 542 g/mol. The van der Waals surface area contributed by atoms with E-state index < -0.39 is 14.6 Å². The van der Waals surface area contributed by atoms with Crippen molar-refractivity contribution < 1.29 is 17.9 Å². The molecule has 1 aromatic carbocycles. The van der Waals surface area contributed by atoms with Crippen LogP contribution in [0.25, 0.3) is 11.4 Å². The van der Waals surface area contributed by atoms with E-state index in [1.807, 2.05) is 25.1 Å². The fourth-order valence-electron chi connectivity index (χ4n) is 4.45. The number of urea groups is 1. The second-order valence-electron chi connectivity index (χ2n) is 9.37. The van der Waals surface area contributed by atoms with Crippen LogP contribution in [0.1, 0.15) is 38.1 Å². The number of ether oxygens (including phenoxy) is 1. The molecular weight excluding hydrogens is 512 g/mol. The van der Waals surface area contributed by atoms with Gasteiger partial charge in [0, 0.05) is 41.5 Å². The number of hydrogen-bond acceptors (Lipinski definition) is 9. The average molecular weight is 543 g/mol. The number of hydrogen-bond donors (Lipinski definition) is 2. The van der Waals surface area contributed by atoms with E-state index in [-0.39, 0.29) is 16.4 Å². The van der Waals surface area contributed by atoms with E-state index in [4.69, 9.17) is 14.7 Å². The molecule has 0 unspecified atom stereocenters. The smallest absolute Gasteiger partial charge is 0.319 e. The van der Waals surface area contributed by atoms with Crippen LogP contribution in [-0.4, -0.2) is 61.7 Å². The van der Waals surface area contributed by atoms with E-state index in [2.05, 4.69) is 27.4 Å². The minimum Gasteiger partial charge on any atom is -0.377 e. The molecule has 5 rings (SSSR count). The Hall–Kier alpha value is -3.09. The molecule has 0 spiro atoms. The summed E-state index contributed by atoms with van der Waals surface area (Å²) in [7, 11) is -3.73. The number of carbonyl (C=O) groups excluding carboxylic acids is 1. The highest BCUT2D eigenvalue weighted by Crippen LogP contribution is 2.55. The van der Waals surface area contributed by atoms with Gasteiger partial charge in [-0.3, -0.25) is 0 Å². The van der Waals surface area contributed by atoms with Crippen molar-refractivity contribution in [2.75, 3.05) is 36.5 Å². The summed E-state index contributed by atoms with van der Waals surface area (Å²) in [6.45, 7) is 8.02. The van der Waals surface area contributed by atoms with Crippen LogP contribution in [0.15, 0.2) is 40.1 Å². The lowest BCUT2D eigenvalue weighted by atomic mass is 10.1. The van der Waals surface area contributed by atoms with Crippen molar-refractivity contribution in [1.29, 1.82) is 0 Å². The normalized spacial score (nSPS) is 18.9. The maximum atomic E-state index is 13.7. The molecule has 196 valence electrons. The molecule has 2 amide bonds. The molecule has 37 heavy (non-hydrogen) atoms. The van der Waals surface area contributed by atoms with Gasteiger partial charge >= 0.3 is 6.03 Å². The predicted octanol–water partition coefficient (Wildman–Crippen LogP) is 3.74. The van der Waals surface area contributed by atoms with E-state index in [0.29, 0.717) is 67.9 Å². The number of carbonyl (C=O) groups is 1. The van der Waals surface area contributed by atoms with Crippen LogP contribution in [0.3, 0.4) is 0 Å². The van der Waals surface area contributed by atoms with Gasteiger partial charge < -0.3 is 20.3 Å². The number of rotatable bonds is 7. The molecule has 2 aliphatic rings. The first-order valence-corrected chi connectivity index (χ1v) is 14.7. The zero-order chi connectivity index (χ0) is 26.2. The molecule has 1 saturated heterocycles. The maximum absolute atomic E-state index is 13.7. The third-order valence-electron chi connectivity index (χ3n) is 6.63. The van der Waals surface area contributed by atoms with Crippen LogP contribution < -0.4 is 15.5 Å². The van der Waals surface area contributed by atoms with E-state index in [9.17, 15) is 13.2 Å². The molecule has 1 aliphatic carbocycles. The number of amides is 2. The standard InChI is InChI=1S/C25H30N6O4S2/c1-4-26-23(32)28-19-7-5-18(6-8-19)22-29-20(13-21(30-22)31-11-12-35-14-17(31)3)25(9-10-25)37(33,34)24-27-16(2)15-36-24/h5-8,13,15,17H,4,9-12,14H2,1-3H3,(H2,26,28,32)/t17-/m0/s1. The second-order valence-corrected chi connectivity index (χ2v) is 12.7. The Morgan fingerprint density at radius 3 is 2.59 bits per heavy atom. The van der Waals surface area contributed by atoms with Crippen molar-refractivity contribution in [2.24, 2.45) is 0 Å². The number of anilines is 2. The lowest BCUT2D eigenvalue weighted by molar-refractivity contribution is 0.0985. The van der Waals surface area contributed by atoms with Crippen LogP contribution in [0.2, 0.25) is 0 Å². The van der Waals surface area contributed by atoms with E-state index in [1.54, 1.807) is 24.4 Å². The first-order chi connectivity index (χ1) is 17.7. The van der Waals surface area contributed by atoms with Crippen molar-refractivity contribution in [2.45, 2.75) is 48.7 Å². The van der Waals surface area contributed by atoms with Crippen molar-refractivity contribution in [1.82, 2.24) is 20.3 Å². The third kappa shape index (κ3) is 4.92. The fourth-order valence-corrected chi connectivity index (χ4v) is 7.72. The Balaban J connectivity index is 1.56. The van der Waals surface area contributed by atoms with Gasteiger partial charge in [0.05, 0.1) is 24.9 Å². The van der Waals surface area contributed by atoms with Crippen molar-refractivity contribution in [3.05, 3.63) is 47.1 Å². The van der Waals surface area contributed by atoms with E-state index in [0.717, 1.165) is 16.9 Å². The molecule has 0 radical (unpaired) electrons. The Bertz CT molecular complexity index is 1400. The van der Waals surface area contributed by atoms with Gasteiger partial charge in [0.15, 0.2) is 5.82 Å². The molecule has 3 aromatic rings. The highest BCUT2D eigenvalue weighted by Gasteiger charge is 2.59. The van der Waals surface area contributed by atoms with Gasteiger partial charge in [0.2, 0.25) is 14.2 Å². The summed E-state index contributed by atoms with van der Waals surface area (Å²) >= 11 is 1.15. The summed E-state index contributed by atoms with van der Waals surface area (Å²) in [6.07, 6.45) is 0.968. The van der Waals surface area contributed by atoms with Gasteiger partial charge in [0.25, 0.3) is 0 Å². The number of aryl methyl sites for hydroxylation is 1. The zero-order valence-electron chi connectivity index (χ0n) is 21.0. The maximum Gasteiger partial charge on any atom is 0.319 e. The Morgan fingerprint density at radius 1 is 1.22 bits per heavy atom. The summed E-state index contributed by atoms with van der Waals surface area (Å²) in [5, 5.41) is 7.23. The van der Waals surface area contributed by atoms with Gasteiger partial charge in [-0.2, -0.15) is 0 Å². The first-order valence-electron chi connectivity index (χ1n) is 12.3. The van der Waals surface area contributed by atoms with Crippen LogP contribution in [0.4, 0.5) is 16.3 Å². The topological polar surface area (TPSA) is 126 Å². The predicted molar refractivity (Wildman–Crippen MR) is 143 cm³/mol. The molecule has 2 aromatic heterocycles. The highest BCUT2D eigenvalue weighted by atomic mass is 32.2. The quantitative estimate of drug-likeness (QED) is 0.462. The first kappa shape index (κ1) is 25.6. The molecule has 12 heteroatoms. The SMILES string of the molecule is CCNC(=O)Nc1ccc(-c2nc(N3CCOC[C@@H]3C)cc(C3(S(=O)(=O)c4nc(C)cs4)CC3)n2)cc1. The molecule has 10 nitrogen and oxygen atoms in total. The van der Waals surface area contributed by atoms with Gasteiger partial charge in [-0.15, -0.1) is 11.3 Å². The van der Waals surface area contributed by atoms with Crippen molar-refractivity contribution in [3.8, 4) is 11.4 Å². The van der Waals surface area contributed by atoms with Crippen LogP contribution in [0, 0.1) is 6.92 Å². The van der Waals surface area contributed by atoms with E-state index >= 15 is 0 Å². The van der Waals surface area contributed by atoms with Gasteiger partial charge in [-0.1, -0.05) is 0 Å². The van der Waals surface area contributed by atoms with Crippen LogP contribution in [0.5, 0.6) is 0 Å². The Labute approximate surface area is 220 Å². The van der Waals surface area contributed by atoms with Gasteiger partial charge in [-0.05, 0) is 57.9 Å². The van der Waals surface area contributed by atoms with Crippen molar-refractivity contribution >= 4 is 38.7 Å². The van der Waals surface area contributed by atoms with Gasteiger partial charge in [0.1, 0.15) is 10.6 Å². The van der Waals surface area contributed by atoms with Crippen molar-refractivity contribution in [3.63, 3.8) is 0 Å². The summed E-state index contributed by atoms with van der Waals surface area (Å²) in [6, 6.07) is 8.83. The number of aromatic nitrogens is 3. The number of benzene rings is 1. The molecule has 2 fully saturated rings. The molecule has 1 saturated carbocycles. The number of nitrogens with one attached hydrogen (secondary N) is 2. The molecule has 2 N–H and O–H groups in total. The molecule has 3 heterocycles. The highest BCUT2D eigenvalue weighted by molar-refractivity contribution is 7.94. The second kappa shape index (κ2) is 9.99.